The van der Waals surface area contributed by atoms with Gasteiger partial charge in [0.15, 0.2) is 24.0 Å². The predicted octanol–water partition coefficient (Wildman–Crippen LogP) is 4.37. The van der Waals surface area contributed by atoms with Gasteiger partial charge in [0.25, 0.3) is 0 Å². The van der Waals surface area contributed by atoms with Gasteiger partial charge in [-0.15, -0.1) is 5.10 Å². The van der Waals surface area contributed by atoms with Crippen molar-refractivity contribution in [1.29, 1.82) is 0 Å². The van der Waals surface area contributed by atoms with Gasteiger partial charge in [0.2, 0.25) is 0 Å². The van der Waals surface area contributed by atoms with E-state index >= 15 is 0 Å². The van der Waals surface area contributed by atoms with Gasteiger partial charge in [-0.1, -0.05) is 31.4 Å². The number of benzene rings is 1. The molecule has 0 radical (unpaired) electrons. The maximum atomic E-state index is 11.2. The smallest absolute Gasteiger partial charge is 0.177 e. The molecule has 8 heteroatoms. The van der Waals surface area contributed by atoms with Gasteiger partial charge in [-0.3, -0.25) is 14.6 Å². The van der Waals surface area contributed by atoms with Crippen LogP contribution in [0, 0.1) is 0 Å². The van der Waals surface area contributed by atoms with Crippen molar-refractivity contribution in [2.24, 2.45) is 0 Å². The summed E-state index contributed by atoms with van der Waals surface area (Å²) in [6.07, 6.45) is 9.00. The van der Waals surface area contributed by atoms with E-state index in [0.717, 1.165) is 28.9 Å². The molecule has 1 aliphatic carbocycles. The highest BCUT2D eigenvalue weighted by atomic mass is 16.1. The van der Waals surface area contributed by atoms with Crippen molar-refractivity contribution in [2.45, 2.75) is 19.3 Å². The van der Waals surface area contributed by atoms with Gasteiger partial charge in [0.05, 0.1) is 17.6 Å². The van der Waals surface area contributed by atoms with E-state index in [1.165, 1.54) is 36.2 Å². The van der Waals surface area contributed by atoms with Crippen molar-refractivity contribution < 1.29 is 9.59 Å². The highest BCUT2D eigenvalue weighted by Crippen LogP contribution is 2.25. The summed E-state index contributed by atoms with van der Waals surface area (Å²) in [5.41, 5.74) is 4.67. The maximum Gasteiger partial charge on any atom is 0.177 e. The van der Waals surface area contributed by atoms with Crippen LogP contribution in [-0.4, -0.2) is 39.2 Å². The lowest BCUT2D eigenvalue weighted by Gasteiger charge is -2.10. The quantitative estimate of drug-likeness (QED) is 0.452. The van der Waals surface area contributed by atoms with Gasteiger partial charge in [0.1, 0.15) is 5.69 Å². The van der Waals surface area contributed by atoms with Gasteiger partial charge in [-0.05, 0) is 24.3 Å². The Hall–Kier alpha value is -4.07. The second-order valence-corrected chi connectivity index (χ2v) is 7.09. The number of carbonyl (C=O) groups excluding carboxylic acids is 2. The second-order valence-electron chi connectivity index (χ2n) is 7.09. The second kappa shape index (κ2) is 9.17. The Kier molecular flexibility index (Phi) is 5.98. The van der Waals surface area contributed by atoms with Gasteiger partial charge in [0, 0.05) is 36.1 Å². The van der Waals surface area contributed by atoms with Gasteiger partial charge in [-0.2, -0.15) is 0 Å². The molecule has 1 aliphatic rings. The summed E-state index contributed by atoms with van der Waals surface area (Å²) in [7, 11) is 1.78. The Balaban J connectivity index is 0.000000710. The van der Waals surface area contributed by atoms with Crippen LogP contribution in [0.25, 0.3) is 16.9 Å². The maximum absolute atomic E-state index is 11.2. The largest absolute Gasteiger partial charge is 0.385 e. The van der Waals surface area contributed by atoms with Gasteiger partial charge in [-0.25, -0.2) is 9.50 Å². The number of imidazole rings is 1. The first kappa shape index (κ1) is 20.2. The van der Waals surface area contributed by atoms with Crippen LogP contribution in [0.3, 0.4) is 0 Å². The van der Waals surface area contributed by atoms with E-state index in [1.807, 2.05) is 30.3 Å². The zero-order valence-corrected chi connectivity index (χ0v) is 17.1. The van der Waals surface area contributed by atoms with Crippen molar-refractivity contribution >= 4 is 35.4 Å². The molecule has 3 aromatic heterocycles. The van der Waals surface area contributed by atoms with Crippen LogP contribution in [0.4, 0.5) is 17.2 Å². The van der Waals surface area contributed by atoms with Crippen molar-refractivity contribution in [3.8, 4) is 11.3 Å². The van der Waals surface area contributed by atoms with E-state index in [4.69, 9.17) is 0 Å². The van der Waals surface area contributed by atoms with Gasteiger partial charge >= 0.3 is 0 Å². The number of anilines is 3. The molecule has 1 aromatic carbocycles. The van der Waals surface area contributed by atoms with E-state index in [0.29, 0.717) is 29.0 Å². The molecule has 0 spiro atoms. The first-order valence-corrected chi connectivity index (χ1v) is 10.0. The minimum Gasteiger partial charge on any atom is -0.385 e. The summed E-state index contributed by atoms with van der Waals surface area (Å²) in [4.78, 5) is 30.6. The molecular weight excluding hydrogens is 392 g/mol. The molecule has 1 fully saturated rings. The van der Waals surface area contributed by atoms with Crippen LogP contribution in [0.1, 0.15) is 40.1 Å². The Morgan fingerprint density at radius 2 is 1.81 bits per heavy atom. The van der Waals surface area contributed by atoms with Crippen LogP contribution in [-0.2, 0) is 0 Å². The molecule has 0 aliphatic heterocycles. The first-order valence-electron chi connectivity index (χ1n) is 10.0. The number of pyridine rings is 1. The summed E-state index contributed by atoms with van der Waals surface area (Å²) in [6, 6.07) is 13.0. The topological polar surface area (TPSA) is 101 Å². The summed E-state index contributed by atoms with van der Waals surface area (Å²) < 4.78 is 1.49. The number of rotatable bonds is 6. The highest BCUT2D eigenvalue weighted by molar-refractivity contribution is 5.79. The fourth-order valence-electron chi connectivity index (χ4n) is 2.86. The number of aldehydes is 2. The van der Waals surface area contributed by atoms with E-state index in [9.17, 15) is 9.59 Å². The van der Waals surface area contributed by atoms with Crippen LogP contribution in [0.2, 0.25) is 0 Å². The van der Waals surface area contributed by atoms with E-state index in [2.05, 4.69) is 25.7 Å². The minimum absolute atomic E-state index is 0.364. The molecule has 0 atom stereocenters. The Morgan fingerprint density at radius 1 is 0.968 bits per heavy atom. The molecule has 8 nitrogen and oxygen atoms in total. The Morgan fingerprint density at radius 3 is 2.45 bits per heavy atom. The lowest BCUT2D eigenvalue weighted by molar-refractivity contribution is 0.111. The molecule has 0 unspecified atom stereocenters. The van der Waals surface area contributed by atoms with Gasteiger partial charge < -0.3 is 10.6 Å². The highest BCUT2D eigenvalue weighted by Gasteiger charge is 2.11. The number of nitrogens with zero attached hydrogens (tertiary/aromatic N) is 4. The number of nitrogens with one attached hydrogen (secondary N) is 2. The number of fused-ring (bicyclic) bond motifs is 1. The molecule has 1 saturated carbocycles. The molecule has 156 valence electrons. The number of hydrogen-bond acceptors (Lipinski definition) is 7. The van der Waals surface area contributed by atoms with Crippen molar-refractivity contribution in [1.82, 2.24) is 19.6 Å². The van der Waals surface area contributed by atoms with Crippen molar-refractivity contribution in [3.05, 3.63) is 66.1 Å². The SMILES string of the molecule is C1CC1.CNc1cc(Nc2cccc(-c3ccc(C=O)cn3)c2)nn2c(C=O)cnc12. The first-order chi connectivity index (χ1) is 15.2. The predicted molar refractivity (Wildman–Crippen MR) is 120 cm³/mol. The lowest BCUT2D eigenvalue weighted by Crippen LogP contribution is -2.04. The zero-order valence-electron chi connectivity index (χ0n) is 17.1. The molecule has 0 bridgehead atoms. The van der Waals surface area contributed by atoms with Crippen molar-refractivity contribution in [2.75, 3.05) is 17.7 Å². The molecule has 31 heavy (non-hydrogen) atoms. The molecule has 0 amide bonds. The molecule has 3 heterocycles. The minimum atomic E-state index is 0.364. The van der Waals surface area contributed by atoms with Crippen LogP contribution in [0.15, 0.2) is 54.9 Å². The molecule has 4 aromatic rings. The summed E-state index contributed by atoms with van der Waals surface area (Å²) >= 11 is 0. The Bertz CT molecular complexity index is 1210. The van der Waals surface area contributed by atoms with E-state index < -0.39 is 0 Å². The van der Waals surface area contributed by atoms with Crippen molar-refractivity contribution in [3.63, 3.8) is 0 Å². The summed E-state index contributed by atoms with van der Waals surface area (Å²) in [5.74, 6) is 0.555. The standard InChI is InChI=1S/C20H16N6O2.C3H6/c1-21-18-8-19(25-26-16(12-28)10-23-20(18)26)24-15-4-2-3-14(7-15)17-6-5-13(11-27)9-22-17;1-2-3-1/h2-12,21H,1H3,(H,24,25);1-3H2. The fraction of sp³-hybridized carbons (Fsp3) is 0.174. The third kappa shape index (κ3) is 4.75. The monoisotopic (exact) mass is 414 g/mol. The van der Waals surface area contributed by atoms with E-state index in [-0.39, 0.29) is 0 Å². The summed E-state index contributed by atoms with van der Waals surface area (Å²) in [6.45, 7) is 0. The van der Waals surface area contributed by atoms with Crippen LogP contribution >= 0.6 is 0 Å². The zero-order chi connectivity index (χ0) is 21.6. The lowest BCUT2D eigenvalue weighted by atomic mass is 10.1. The van der Waals surface area contributed by atoms with Crippen LogP contribution < -0.4 is 10.6 Å². The molecule has 2 N–H and O–H groups in total. The van der Waals surface area contributed by atoms with E-state index in [1.54, 1.807) is 19.2 Å². The third-order valence-electron chi connectivity index (χ3n) is 4.59. The summed E-state index contributed by atoms with van der Waals surface area (Å²) in [5, 5.41) is 10.8. The van der Waals surface area contributed by atoms with Crippen LogP contribution in [0.5, 0.6) is 0 Å². The third-order valence-corrected chi connectivity index (χ3v) is 4.59. The Labute approximate surface area is 179 Å². The number of aromatic nitrogens is 4. The normalized spacial score (nSPS) is 11.9. The number of hydrogen-bond donors (Lipinski definition) is 2. The molecule has 5 rings (SSSR count). The number of carbonyl (C=O) groups is 2. The molecule has 0 saturated heterocycles. The fourth-order valence-corrected chi connectivity index (χ4v) is 2.86. The average molecular weight is 414 g/mol. The molecular formula is C23H22N6O2. The average Bonchev–Trinajstić information content (AvgIpc) is 3.65.